The van der Waals surface area contributed by atoms with Gasteiger partial charge in [-0.2, -0.15) is 0 Å². The van der Waals surface area contributed by atoms with Gasteiger partial charge in [-0.05, 0) is 17.9 Å². The summed E-state index contributed by atoms with van der Waals surface area (Å²) in [5.41, 5.74) is 2.08. The Morgan fingerprint density at radius 3 is 2.07 bits per heavy atom. The van der Waals surface area contributed by atoms with Crippen molar-refractivity contribution in [2.75, 3.05) is 0 Å². The quantitative estimate of drug-likeness (QED) is 0.618. The molecule has 0 amide bonds. The second-order valence-corrected chi connectivity index (χ2v) is 2.71. The Labute approximate surface area is 86.1 Å². The SMILES string of the molecule is CC(N[N+](F)(F)F)c1ccccc1.Cl. The average molecular weight is 228 g/mol. The van der Waals surface area contributed by atoms with Gasteiger partial charge in [0, 0.05) is 0 Å². The van der Waals surface area contributed by atoms with Gasteiger partial charge in [0.15, 0.2) is 0 Å². The summed E-state index contributed by atoms with van der Waals surface area (Å²) in [5.74, 6) is 0. The maximum Gasteiger partial charge on any atom is 0.325 e. The Morgan fingerprint density at radius 2 is 1.64 bits per heavy atom. The van der Waals surface area contributed by atoms with Gasteiger partial charge in [-0.15, -0.1) is 12.4 Å². The van der Waals surface area contributed by atoms with Crippen molar-refractivity contribution in [3.05, 3.63) is 35.9 Å². The molecule has 1 aromatic carbocycles. The maximum atomic E-state index is 11.8. The fourth-order valence-electron chi connectivity index (χ4n) is 1.04. The largest absolute Gasteiger partial charge is 0.325 e. The molecule has 1 aromatic rings. The van der Waals surface area contributed by atoms with E-state index in [-0.39, 0.29) is 12.4 Å². The number of halogens is 4. The Balaban J connectivity index is 0.00000169. The molecule has 2 nitrogen and oxygen atoms in total. The lowest BCUT2D eigenvalue weighted by atomic mass is 10.1. The highest BCUT2D eigenvalue weighted by molar-refractivity contribution is 5.85. The molecular formula is C8H11ClF3N2+. The van der Waals surface area contributed by atoms with Gasteiger partial charge >= 0.3 is 5.26 Å². The summed E-state index contributed by atoms with van der Waals surface area (Å²) in [6.45, 7) is 1.46. The van der Waals surface area contributed by atoms with E-state index in [2.05, 4.69) is 0 Å². The van der Waals surface area contributed by atoms with Crippen molar-refractivity contribution >= 4 is 12.4 Å². The molecule has 1 atom stereocenters. The van der Waals surface area contributed by atoms with Gasteiger partial charge in [0.25, 0.3) is 0 Å². The van der Waals surface area contributed by atoms with E-state index >= 15 is 0 Å². The molecule has 0 heterocycles. The molecule has 1 rings (SSSR count). The van der Waals surface area contributed by atoms with Crippen LogP contribution in [0.5, 0.6) is 0 Å². The molecule has 0 aliphatic heterocycles. The molecule has 6 heteroatoms. The number of hydrogen-bond acceptors (Lipinski definition) is 1. The molecule has 80 valence electrons. The summed E-state index contributed by atoms with van der Waals surface area (Å²) in [7, 11) is 0. The Kier molecular flexibility index (Phi) is 4.90. The number of quaternary nitrogens is 1. The maximum absolute atomic E-state index is 11.8. The van der Waals surface area contributed by atoms with Crippen LogP contribution in [0.15, 0.2) is 30.3 Å². The van der Waals surface area contributed by atoms with Gasteiger partial charge in [-0.25, -0.2) is 0 Å². The van der Waals surface area contributed by atoms with Crippen molar-refractivity contribution in [2.24, 2.45) is 0 Å². The van der Waals surface area contributed by atoms with Gasteiger partial charge in [0.05, 0.1) is 6.04 Å². The number of nitrogens with zero attached hydrogens (tertiary/aromatic N) is 1. The zero-order valence-electron chi connectivity index (χ0n) is 7.45. The van der Waals surface area contributed by atoms with Gasteiger partial charge in [0.2, 0.25) is 0 Å². The first-order valence-electron chi connectivity index (χ1n) is 3.80. The third kappa shape index (κ3) is 4.45. The first-order valence-corrected chi connectivity index (χ1v) is 3.80. The van der Waals surface area contributed by atoms with Crippen molar-refractivity contribution in [1.82, 2.24) is 5.43 Å². The monoisotopic (exact) mass is 227 g/mol. The summed E-state index contributed by atoms with van der Waals surface area (Å²) < 4.78 is 35.5. The fraction of sp³-hybridized carbons (Fsp3) is 0.250. The van der Waals surface area contributed by atoms with Crippen LogP contribution in [0.3, 0.4) is 0 Å². The summed E-state index contributed by atoms with van der Waals surface area (Å²) in [6, 6.07) is 7.73. The molecule has 0 saturated carbocycles. The summed E-state index contributed by atoms with van der Waals surface area (Å²) >= 11 is 0. The Bertz CT molecular complexity index is 263. The second-order valence-electron chi connectivity index (χ2n) is 2.71. The predicted octanol–water partition coefficient (Wildman–Crippen LogP) is 3.14. The van der Waals surface area contributed by atoms with Crippen LogP contribution >= 0.6 is 12.4 Å². The molecule has 0 radical (unpaired) electrons. The first kappa shape index (κ1) is 13.2. The van der Waals surface area contributed by atoms with Crippen molar-refractivity contribution in [3.8, 4) is 0 Å². The molecule has 1 N–H and O–H groups in total. The van der Waals surface area contributed by atoms with Crippen LogP contribution in [0, 0.1) is 0 Å². The molecule has 0 saturated heterocycles. The number of benzene rings is 1. The second kappa shape index (κ2) is 5.19. The van der Waals surface area contributed by atoms with E-state index in [0.29, 0.717) is 5.56 Å². The van der Waals surface area contributed by atoms with Gasteiger partial charge < -0.3 is 0 Å². The Morgan fingerprint density at radius 1 is 1.14 bits per heavy atom. The van der Waals surface area contributed by atoms with Crippen LogP contribution in [0.4, 0.5) is 13.4 Å². The molecule has 0 bridgehead atoms. The summed E-state index contributed by atoms with van der Waals surface area (Å²) in [4.78, 5) is 0. The van der Waals surface area contributed by atoms with Crippen LogP contribution in [0.1, 0.15) is 18.5 Å². The first-order chi connectivity index (χ1) is 5.99. The molecule has 0 fully saturated rings. The molecule has 0 aliphatic carbocycles. The minimum Gasteiger partial charge on any atom is -0.147 e. The lowest BCUT2D eigenvalue weighted by molar-refractivity contribution is -1.30. The molecule has 0 spiro atoms. The lowest BCUT2D eigenvalue weighted by Crippen LogP contribution is -2.38. The zero-order chi connectivity index (χ0) is 9.90. The highest BCUT2D eigenvalue weighted by Gasteiger charge is 2.33. The minimum absolute atomic E-state index is 0. The zero-order valence-corrected chi connectivity index (χ0v) is 8.27. The van der Waals surface area contributed by atoms with Gasteiger partial charge in [-0.3, -0.25) is 0 Å². The fourth-order valence-corrected chi connectivity index (χ4v) is 1.04. The molecule has 14 heavy (non-hydrogen) atoms. The lowest BCUT2D eigenvalue weighted by Gasteiger charge is -2.10. The van der Waals surface area contributed by atoms with E-state index in [1.54, 1.807) is 30.3 Å². The van der Waals surface area contributed by atoms with Crippen LogP contribution in [0.25, 0.3) is 0 Å². The molecular weight excluding hydrogens is 217 g/mol. The van der Waals surface area contributed by atoms with E-state index in [9.17, 15) is 13.4 Å². The molecule has 0 aromatic heterocycles. The van der Waals surface area contributed by atoms with E-state index < -0.39 is 11.3 Å². The molecule has 1 unspecified atom stereocenters. The van der Waals surface area contributed by atoms with Crippen molar-refractivity contribution < 1.29 is 18.7 Å². The topological polar surface area (TPSA) is 12.0 Å². The highest BCUT2D eigenvalue weighted by atomic mass is 35.5. The van der Waals surface area contributed by atoms with Crippen molar-refractivity contribution in [2.45, 2.75) is 13.0 Å². The Hall–Kier alpha value is -0.780. The number of rotatable bonds is 3. The predicted molar refractivity (Wildman–Crippen MR) is 48.8 cm³/mol. The van der Waals surface area contributed by atoms with Crippen LogP contribution in [0.2, 0.25) is 0 Å². The van der Waals surface area contributed by atoms with Gasteiger partial charge in [-0.1, -0.05) is 30.3 Å². The normalized spacial score (nSPS) is 13.1. The summed E-state index contributed by atoms with van der Waals surface area (Å²) in [5, 5.41) is -3.73. The summed E-state index contributed by atoms with van der Waals surface area (Å²) in [6.07, 6.45) is 0. The average Bonchev–Trinajstić information content (AvgIpc) is 2.03. The van der Waals surface area contributed by atoms with E-state index in [0.717, 1.165) is 0 Å². The van der Waals surface area contributed by atoms with Gasteiger partial charge in [0.1, 0.15) is 13.4 Å². The van der Waals surface area contributed by atoms with Crippen LogP contribution in [-0.4, -0.2) is 5.26 Å². The molecule has 0 aliphatic rings. The third-order valence-electron chi connectivity index (χ3n) is 1.64. The van der Waals surface area contributed by atoms with Crippen LogP contribution in [-0.2, 0) is 0 Å². The van der Waals surface area contributed by atoms with E-state index in [4.69, 9.17) is 0 Å². The smallest absolute Gasteiger partial charge is 0.147 e. The van der Waals surface area contributed by atoms with Crippen molar-refractivity contribution in [3.63, 3.8) is 0 Å². The van der Waals surface area contributed by atoms with Crippen molar-refractivity contribution in [1.29, 1.82) is 0 Å². The number of nitrogens with one attached hydrogen (secondary N) is 1. The van der Waals surface area contributed by atoms with E-state index in [1.807, 2.05) is 0 Å². The standard InChI is InChI=1S/C8H10F3N2.ClH/c1-7(12-13(9,10)11)8-5-3-2-4-6-8;/h2-7,12H,1H3;1H/q+1;. The van der Waals surface area contributed by atoms with Crippen LogP contribution < -0.4 is 5.43 Å². The minimum atomic E-state index is -3.73. The highest BCUT2D eigenvalue weighted by Crippen LogP contribution is 2.16. The number of hydrogen-bond donors (Lipinski definition) is 1. The third-order valence-corrected chi connectivity index (χ3v) is 1.64. The van der Waals surface area contributed by atoms with E-state index in [1.165, 1.54) is 12.3 Å².